The fourth-order valence-corrected chi connectivity index (χ4v) is 3.25. The van der Waals surface area contributed by atoms with Crippen LogP contribution in [0.4, 0.5) is 10.2 Å². The number of hydrogen-bond donors (Lipinski definition) is 1. The Bertz CT molecular complexity index is 1060. The minimum atomic E-state index is -0.309. The first-order valence-corrected chi connectivity index (χ1v) is 8.98. The predicted molar refractivity (Wildman–Crippen MR) is 106 cm³/mol. The van der Waals surface area contributed by atoms with Crippen molar-refractivity contribution in [2.75, 3.05) is 5.73 Å². The minimum absolute atomic E-state index is 0.0901. The largest absolute Gasteiger partial charge is 0.383 e. The lowest BCUT2D eigenvalue weighted by molar-refractivity contribution is 0.536. The third-order valence-corrected chi connectivity index (χ3v) is 4.61. The van der Waals surface area contributed by atoms with Gasteiger partial charge in [-0.05, 0) is 36.2 Å². The van der Waals surface area contributed by atoms with Crippen molar-refractivity contribution in [3.63, 3.8) is 0 Å². The summed E-state index contributed by atoms with van der Waals surface area (Å²) in [5.41, 5.74) is 9.38. The van der Waals surface area contributed by atoms with E-state index in [4.69, 9.17) is 10.7 Å². The number of anilines is 1. The number of benzene rings is 1. The standard InChI is InChI=1S/C21H19FN6/c1-2-17(28-12-11-25-13-28)21-26-19(15-7-9-24-10-8-15)18(20(23)27-21)14-3-5-16(22)6-4-14/h3-13,17H,2H2,1H3,(H2,23,26,27). The van der Waals surface area contributed by atoms with E-state index in [2.05, 4.69) is 21.9 Å². The van der Waals surface area contributed by atoms with Crippen LogP contribution in [0.2, 0.25) is 0 Å². The van der Waals surface area contributed by atoms with Crippen LogP contribution in [0.1, 0.15) is 25.2 Å². The van der Waals surface area contributed by atoms with E-state index < -0.39 is 0 Å². The molecule has 0 spiro atoms. The van der Waals surface area contributed by atoms with E-state index >= 15 is 0 Å². The molecule has 0 saturated heterocycles. The molecule has 2 N–H and O–H groups in total. The summed E-state index contributed by atoms with van der Waals surface area (Å²) in [7, 11) is 0. The van der Waals surface area contributed by atoms with E-state index in [1.54, 1.807) is 37.1 Å². The monoisotopic (exact) mass is 374 g/mol. The maximum Gasteiger partial charge on any atom is 0.154 e. The second-order valence-electron chi connectivity index (χ2n) is 6.37. The molecule has 0 aliphatic carbocycles. The summed E-state index contributed by atoms with van der Waals surface area (Å²) in [5, 5.41) is 0. The highest BCUT2D eigenvalue weighted by molar-refractivity contribution is 5.87. The normalized spacial score (nSPS) is 12.1. The number of nitrogens with two attached hydrogens (primary N) is 1. The summed E-state index contributed by atoms with van der Waals surface area (Å²) >= 11 is 0. The van der Waals surface area contributed by atoms with Crippen LogP contribution in [0.5, 0.6) is 0 Å². The molecule has 0 bridgehead atoms. The molecule has 3 heterocycles. The van der Waals surface area contributed by atoms with Gasteiger partial charge in [0.25, 0.3) is 0 Å². The van der Waals surface area contributed by atoms with E-state index in [0.29, 0.717) is 22.9 Å². The number of hydrogen-bond acceptors (Lipinski definition) is 5. The summed E-state index contributed by atoms with van der Waals surface area (Å²) in [5.74, 6) is 0.647. The third-order valence-electron chi connectivity index (χ3n) is 4.61. The zero-order valence-electron chi connectivity index (χ0n) is 15.3. The third kappa shape index (κ3) is 3.34. The van der Waals surface area contributed by atoms with Gasteiger partial charge in [0.05, 0.1) is 23.6 Å². The maximum atomic E-state index is 13.4. The number of nitrogen functional groups attached to an aromatic ring is 1. The van der Waals surface area contributed by atoms with Crippen LogP contribution >= 0.6 is 0 Å². The molecule has 0 aliphatic heterocycles. The van der Waals surface area contributed by atoms with Gasteiger partial charge >= 0.3 is 0 Å². The summed E-state index contributed by atoms with van der Waals surface area (Å²) in [6.07, 6.45) is 9.54. The molecule has 0 saturated carbocycles. The van der Waals surface area contributed by atoms with Crippen LogP contribution in [0.3, 0.4) is 0 Å². The number of rotatable bonds is 5. The molecule has 0 radical (unpaired) electrons. The van der Waals surface area contributed by atoms with E-state index in [-0.39, 0.29) is 11.9 Å². The van der Waals surface area contributed by atoms with E-state index in [0.717, 1.165) is 17.5 Å². The van der Waals surface area contributed by atoms with Gasteiger partial charge in [-0.25, -0.2) is 19.3 Å². The van der Waals surface area contributed by atoms with Gasteiger partial charge in [-0.1, -0.05) is 19.1 Å². The van der Waals surface area contributed by atoms with Crippen LogP contribution in [-0.2, 0) is 0 Å². The molecular formula is C21H19FN6. The van der Waals surface area contributed by atoms with E-state index in [9.17, 15) is 4.39 Å². The average molecular weight is 374 g/mol. The number of halogens is 1. The fraction of sp³-hybridized carbons (Fsp3) is 0.143. The van der Waals surface area contributed by atoms with Crippen molar-refractivity contribution >= 4 is 5.82 Å². The molecule has 1 unspecified atom stereocenters. The lowest BCUT2D eigenvalue weighted by Gasteiger charge is -2.19. The lowest BCUT2D eigenvalue weighted by atomic mass is 9.99. The van der Waals surface area contributed by atoms with Crippen LogP contribution in [-0.4, -0.2) is 24.5 Å². The van der Waals surface area contributed by atoms with E-state index in [1.165, 1.54) is 12.1 Å². The molecule has 6 nitrogen and oxygen atoms in total. The summed E-state index contributed by atoms with van der Waals surface area (Å²) in [6.45, 7) is 2.06. The Morgan fingerprint density at radius 3 is 2.36 bits per heavy atom. The molecule has 4 rings (SSSR count). The Labute approximate surface area is 162 Å². The van der Waals surface area contributed by atoms with Gasteiger partial charge in [0, 0.05) is 30.4 Å². The summed E-state index contributed by atoms with van der Waals surface area (Å²) < 4.78 is 15.4. The van der Waals surface area contributed by atoms with Gasteiger partial charge in [0.1, 0.15) is 11.6 Å². The van der Waals surface area contributed by atoms with Crippen molar-refractivity contribution in [2.24, 2.45) is 0 Å². The SMILES string of the molecule is CCC(c1nc(N)c(-c2ccc(F)cc2)c(-c2ccncc2)n1)n1ccnc1. The van der Waals surface area contributed by atoms with Crippen molar-refractivity contribution in [1.29, 1.82) is 0 Å². The number of nitrogens with zero attached hydrogens (tertiary/aromatic N) is 5. The molecule has 1 atom stereocenters. The molecule has 7 heteroatoms. The van der Waals surface area contributed by atoms with Crippen molar-refractivity contribution in [2.45, 2.75) is 19.4 Å². The van der Waals surface area contributed by atoms with Gasteiger partial charge in [-0.2, -0.15) is 0 Å². The fourth-order valence-electron chi connectivity index (χ4n) is 3.25. The average Bonchev–Trinajstić information content (AvgIpc) is 3.24. The number of pyridine rings is 1. The highest BCUT2D eigenvalue weighted by atomic mass is 19.1. The van der Waals surface area contributed by atoms with Crippen molar-refractivity contribution in [3.8, 4) is 22.4 Å². The van der Waals surface area contributed by atoms with Gasteiger partial charge in [0.15, 0.2) is 5.82 Å². The Hall–Kier alpha value is -3.61. The molecule has 0 amide bonds. The minimum Gasteiger partial charge on any atom is -0.383 e. The Kier molecular flexibility index (Phi) is 4.80. The predicted octanol–water partition coefficient (Wildman–Crippen LogP) is 4.12. The van der Waals surface area contributed by atoms with Crippen molar-refractivity contribution in [1.82, 2.24) is 24.5 Å². The highest BCUT2D eigenvalue weighted by Gasteiger charge is 2.21. The first-order chi connectivity index (χ1) is 13.7. The number of aromatic nitrogens is 5. The molecule has 0 fully saturated rings. The van der Waals surface area contributed by atoms with Gasteiger partial charge in [-0.3, -0.25) is 4.98 Å². The first-order valence-electron chi connectivity index (χ1n) is 8.98. The van der Waals surface area contributed by atoms with Crippen LogP contribution in [0.15, 0.2) is 67.5 Å². The number of imidazole rings is 1. The van der Waals surface area contributed by atoms with Gasteiger partial charge in [-0.15, -0.1) is 0 Å². The lowest BCUT2D eigenvalue weighted by Crippen LogP contribution is -2.14. The topological polar surface area (TPSA) is 82.5 Å². The zero-order valence-corrected chi connectivity index (χ0v) is 15.3. The maximum absolute atomic E-state index is 13.4. The molecular weight excluding hydrogens is 355 g/mol. The molecule has 28 heavy (non-hydrogen) atoms. The van der Waals surface area contributed by atoms with E-state index in [1.807, 2.05) is 22.9 Å². The van der Waals surface area contributed by atoms with Crippen LogP contribution in [0, 0.1) is 5.82 Å². The molecule has 0 aliphatic rings. The Balaban J connectivity index is 1.93. The highest BCUT2D eigenvalue weighted by Crippen LogP contribution is 2.35. The zero-order chi connectivity index (χ0) is 19.5. The van der Waals surface area contributed by atoms with Gasteiger partial charge < -0.3 is 10.3 Å². The molecule has 4 aromatic rings. The van der Waals surface area contributed by atoms with Crippen LogP contribution < -0.4 is 5.73 Å². The quantitative estimate of drug-likeness (QED) is 0.568. The Morgan fingerprint density at radius 1 is 0.964 bits per heavy atom. The molecule has 1 aromatic carbocycles. The van der Waals surface area contributed by atoms with Crippen molar-refractivity contribution in [3.05, 3.63) is 79.2 Å². The first kappa shape index (κ1) is 17.8. The second-order valence-corrected chi connectivity index (χ2v) is 6.37. The molecule has 3 aromatic heterocycles. The second kappa shape index (κ2) is 7.56. The summed E-state index contributed by atoms with van der Waals surface area (Å²) in [6, 6.07) is 9.82. The molecule has 140 valence electrons. The smallest absolute Gasteiger partial charge is 0.154 e. The van der Waals surface area contributed by atoms with Crippen molar-refractivity contribution < 1.29 is 4.39 Å². The summed E-state index contributed by atoms with van der Waals surface area (Å²) in [4.78, 5) is 17.7. The van der Waals surface area contributed by atoms with Crippen LogP contribution in [0.25, 0.3) is 22.4 Å². The Morgan fingerprint density at radius 2 is 1.71 bits per heavy atom. The van der Waals surface area contributed by atoms with Gasteiger partial charge in [0.2, 0.25) is 0 Å².